The molecule has 4 nitrogen and oxygen atoms in total. The Balaban J connectivity index is 2.14. The summed E-state index contributed by atoms with van der Waals surface area (Å²) in [6, 6.07) is 7.40. The third-order valence-corrected chi connectivity index (χ3v) is 3.00. The van der Waals surface area contributed by atoms with Gasteiger partial charge in [0.2, 0.25) is 0 Å². The standard InChI is InChI=1S/C14H19N3O/c1-2-8-17-9-7-16-14(17)10-13(18)11-5-3-4-6-12(11)15/h3-7,9,13,18H,2,8,10,15H2,1H3. The first-order chi connectivity index (χ1) is 8.72. The molecule has 0 bridgehead atoms. The van der Waals surface area contributed by atoms with Crippen LogP contribution in [0.3, 0.4) is 0 Å². The molecule has 1 atom stereocenters. The highest BCUT2D eigenvalue weighted by Gasteiger charge is 2.14. The van der Waals surface area contributed by atoms with Crippen molar-refractivity contribution in [2.45, 2.75) is 32.4 Å². The normalized spacial score (nSPS) is 12.6. The van der Waals surface area contributed by atoms with Gasteiger partial charge >= 0.3 is 0 Å². The Morgan fingerprint density at radius 2 is 2.17 bits per heavy atom. The van der Waals surface area contributed by atoms with E-state index in [4.69, 9.17) is 5.73 Å². The summed E-state index contributed by atoms with van der Waals surface area (Å²) in [4.78, 5) is 4.29. The summed E-state index contributed by atoms with van der Waals surface area (Å²) < 4.78 is 2.07. The number of rotatable bonds is 5. The van der Waals surface area contributed by atoms with Gasteiger partial charge in [0.1, 0.15) is 5.82 Å². The fraction of sp³-hybridized carbons (Fsp3) is 0.357. The molecule has 4 heteroatoms. The van der Waals surface area contributed by atoms with Gasteiger partial charge in [-0.2, -0.15) is 0 Å². The van der Waals surface area contributed by atoms with E-state index >= 15 is 0 Å². The molecule has 0 amide bonds. The SMILES string of the molecule is CCCn1ccnc1CC(O)c1ccccc1N. The molecule has 18 heavy (non-hydrogen) atoms. The summed E-state index contributed by atoms with van der Waals surface area (Å²) in [6.45, 7) is 3.04. The van der Waals surface area contributed by atoms with E-state index in [1.807, 2.05) is 24.4 Å². The van der Waals surface area contributed by atoms with Crippen LogP contribution in [0.1, 0.15) is 30.8 Å². The van der Waals surface area contributed by atoms with Crippen molar-refractivity contribution in [1.29, 1.82) is 0 Å². The number of aliphatic hydroxyl groups is 1. The zero-order chi connectivity index (χ0) is 13.0. The van der Waals surface area contributed by atoms with Gasteiger partial charge in [-0.1, -0.05) is 25.1 Å². The second kappa shape index (κ2) is 5.69. The van der Waals surface area contributed by atoms with Crippen LogP contribution in [-0.2, 0) is 13.0 Å². The first-order valence-electron chi connectivity index (χ1n) is 6.24. The summed E-state index contributed by atoms with van der Waals surface area (Å²) in [6.07, 6.45) is 4.64. The maximum Gasteiger partial charge on any atom is 0.111 e. The lowest BCUT2D eigenvalue weighted by Crippen LogP contribution is -2.10. The predicted molar refractivity (Wildman–Crippen MR) is 72.0 cm³/mol. The highest BCUT2D eigenvalue weighted by molar-refractivity contribution is 5.47. The number of nitrogens with zero attached hydrogens (tertiary/aromatic N) is 2. The van der Waals surface area contributed by atoms with E-state index in [2.05, 4.69) is 16.5 Å². The van der Waals surface area contributed by atoms with Crippen LogP contribution in [0.25, 0.3) is 0 Å². The lowest BCUT2D eigenvalue weighted by atomic mass is 10.0. The molecule has 0 aliphatic rings. The van der Waals surface area contributed by atoms with E-state index in [1.54, 1.807) is 12.3 Å². The van der Waals surface area contributed by atoms with Crippen LogP contribution < -0.4 is 5.73 Å². The number of hydrogen-bond acceptors (Lipinski definition) is 3. The van der Waals surface area contributed by atoms with Crippen molar-refractivity contribution in [3.8, 4) is 0 Å². The fourth-order valence-corrected chi connectivity index (χ4v) is 2.07. The molecule has 96 valence electrons. The van der Waals surface area contributed by atoms with Crippen LogP contribution in [0.15, 0.2) is 36.7 Å². The van der Waals surface area contributed by atoms with Crippen molar-refractivity contribution < 1.29 is 5.11 Å². The molecule has 0 saturated heterocycles. The first-order valence-corrected chi connectivity index (χ1v) is 6.24. The van der Waals surface area contributed by atoms with E-state index in [1.165, 1.54) is 0 Å². The number of anilines is 1. The molecule has 3 N–H and O–H groups in total. The van der Waals surface area contributed by atoms with Crippen LogP contribution in [0.4, 0.5) is 5.69 Å². The Kier molecular flexibility index (Phi) is 3.99. The lowest BCUT2D eigenvalue weighted by molar-refractivity contribution is 0.175. The Morgan fingerprint density at radius 1 is 1.39 bits per heavy atom. The minimum atomic E-state index is -0.607. The number of nitrogen functional groups attached to an aromatic ring is 1. The Hall–Kier alpha value is -1.81. The molecule has 1 heterocycles. The first kappa shape index (κ1) is 12.6. The third kappa shape index (κ3) is 2.71. The van der Waals surface area contributed by atoms with Gasteiger partial charge in [-0.15, -0.1) is 0 Å². The summed E-state index contributed by atoms with van der Waals surface area (Å²) in [5.74, 6) is 0.896. The van der Waals surface area contributed by atoms with Crippen molar-refractivity contribution in [2.75, 3.05) is 5.73 Å². The molecule has 0 fully saturated rings. The van der Waals surface area contributed by atoms with Gasteiger partial charge < -0.3 is 15.4 Å². The Labute approximate surface area is 107 Å². The van der Waals surface area contributed by atoms with Gasteiger partial charge in [-0.25, -0.2) is 4.98 Å². The van der Waals surface area contributed by atoms with Crippen LogP contribution in [-0.4, -0.2) is 14.7 Å². The molecular formula is C14H19N3O. The van der Waals surface area contributed by atoms with Crippen molar-refractivity contribution in [1.82, 2.24) is 9.55 Å². The average molecular weight is 245 g/mol. The number of aromatic nitrogens is 2. The van der Waals surface area contributed by atoms with E-state index in [-0.39, 0.29) is 0 Å². The molecule has 0 aliphatic heterocycles. The van der Waals surface area contributed by atoms with Gasteiger partial charge in [0.15, 0.2) is 0 Å². The van der Waals surface area contributed by atoms with Crippen LogP contribution in [0.2, 0.25) is 0 Å². The van der Waals surface area contributed by atoms with Crippen LogP contribution in [0, 0.1) is 0 Å². The minimum Gasteiger partial charge on any atom is -0.398 e. The highest BCUT2D eigenvalue weighted by Crippen LogP contribution is 2.22. The Bertz CT molecular complexity index is 507. The molecule has 0 radical (unpaired) electrons. The molecule has 1 aromatic carbocycles. The monoisotopic (exact) mass is 245 g/mol. The zero-order valence-corrected chi connectivity index (χ0v) is 10.6. The number of hydrogen-bond donors (Lipinski definition) is 2. The number of imidazole rings is 1. The topological polar surface area (TPSA) is 64.1 Å². The van der Waals surface area contributed by atoms with Gasteiger partial charge in [-0.05, 0) is 12.5 Å². The number of para-hydroxylation sites is 1. The van der Waals surface area contributed by atoms with Crippen LogP contribution in [0.5, 0.6) is 0 Å². The van der Waals surface area contributed by atoms with Crippen LogP contribution >= 0.6 is 0 Å². The van der Waals surface area contributed by atoms with Crippen molar-refractivity contribution >= 4 is 5.69 Å². The molecular weight excluding hydrogens is 226 g/mol. The van der Waals surface area contributed by atoms with Crippen molar-refractivity contribution in [3.05, 3.63) is 48.0 Å². The minimum absolute atomic E-state index is 0.487. The van der Waals surface area contributed by atoms with E-state index < -0.39 is 6.10 Å². The second-order valence-electron chi connectivity index (χ2n) is 4.39. The molecule has 0 saturated carbocycles. The van der Waals surface area contributed by atoms with Crippen molar-refractivity contribution in [2.24, 2.45) is 0 Å². The maximum absolute atomic E-state index is 10.2. The number of benzene rings is 1. The van der Waals surface area contributed by atoms with E-state index in [0.717, 1.165) is 24.4 Å². The molecule has 2 aromatic rings. The average Bonchev–Trinajstić information content (AvgIpc) is 2.78. The summed E-state index contributed by atoms with van der Waals surface area (Å²) in [7, 11) is 0. The summed E-state index contributed by atoms with van der Waals surface area (Å²) in [5, 5.41) is 10.2. The summed E-state index contributed by atoms with van der Waals surface area (Å²) in [5.41, 5.74) is 7.25. The largest absolute Gasteiger partial charge is 0.398 e. The zero-order valence-electron chi connectivity index (χ0n) is 10.6. The van der Waals surface area contributed by atoms with Gasteiger partial charge in [0.05, 0.1) is 6.10 Å². The van der Waals surface area contributed by atoms with E-state index in [9.17, 15) is 5.11 Å². The molecule has 2 rings (SSSR count). The van der Waals surface area contributed by atoms with E-state index in [0.29, 0.717) is 12.1 Å². The quantitative estimate of drug-likeness (QED) is 0.793. The summed E-state index contributed by atoms with van der Waals surface area (Å²) >= 11 is 0. The smallest absolute Gasteiger partial charge is 0.111 e. The molecule has 0 spiro atoms. The number of nitrogens with two attached hydrogens (primary N) is 1. The fourth-order valence-electron chi connectivity index (χ4n) is 2.07. The van der Waals surface area contributed by atoms with Gasteiger partial charge in [0.25, 0.3) is 0 Å². The highest BCUT2D eigenvalue weighted by atomic mass is 16.3. The van der Waals surface area contributed by atoms with Crippen molar-refractivity contribution in [3.63, 3.8) is 0 Å². The third-order valence-electron chi connectivity index (χ3n) is 3.00. The maximum atomic E-state index is 10.2. The molecule has 1 unspecified atom stereocenters. The second-order valence-corrected chi connectivity index (χ2v) is 4.39. The molecule has 1 aromatic heterocycles. The lowest BCUT2D eigenvalue weighted by Gasteiger charge is -2.14. The number of aryl methyl sites for hydroxylation is 1. The Morgan fingerprint density at radius 3 is 2.89 bits per heavy atom. The molecule has 0 aliphatic carbocycles. The van der Waals surface area contributed by atoms with Gasteiger partial charge in [0, 0.05) is 36.6 Å². The predicted octanol–water partition coefficient (Wildman–Crippen LogP) is 2.15. The number of aliphatic hydroxyl groups excluding tert-OH is 1. The van der Waals surface area contributed by atoms with Gasteiger partial charge in [-0.3, -0.25) is 0 Å².